The maximum absolute atomic E-state index is 12.9. The minimum Gasteiger partial charge on any atom is -0.494 e. The lowest BCUT2D eigenvalue weighted by molar-refractivity contribution is 0.412. The Kier molecular flexibility index (Phi) is 3.06. The summed E-state index contributed by atoms with van der Waals surface area (Å²) in [7, 11) is 1.55. The van der Waals surface area contributed by atoms with E-state index < -0.39 is 0 Å². The largest absolute Gasteiger partial charge is 0.494 e. The van der Waals surface area contributed by atoms with Gasteiger partial charge >= 0.3 is 0 Å². The molecule has 15 heavy (non-hydrogen) atoms. The first kappa shape index (κ1) is 10.2. The predicted molar refractivity (Wildman–Crippen MR) is 57.8 cm³/mol. The van der Waals surface area contributed by atoms with Gasteiger partial charge in [-0.3, -0.25) is 0 Å². The first-order chi connectivity index (χ1) is 7.29. The highest BCUT2D eigenvalue weighted by atomic mass is 19.1. The van der Waals surface area contributed by atoms with Crippen LogP contribution in [0.3, 0.4) is 0 Å². The van der Waals surface area contributed by atoms with Crippen molar-refractivity contribution in [3.8, 4) is 5.75 Å². The number of halogens is 1. The normalized spacial score (nSPS) is 20.3. The van der Waals surface area contributed by atoms with E-state index in [4.69, 9.17) is 4.74 Å². The zero-order chi connectivity index (χ0) is 10.7. The Bertz CT molecular complexity index is 337. The van der Waals surface area contributed by atoms with E-state index >= 15 is 0 Å². The quantitative estimate of drug-likeness (QED) is 0.795. The van der Waals surface area contributed by atoms with Crippen molar-refractivity contribution in [1.82, 2.24) is 5.32 Å². The minimum absolute atomic E-state index is 0.276. The second kappa shape index (κ2) is 4.49. The molecule has 1 aliphatic heterocycles. The Morgan fingerprint density at radius 1 is 1.53 bits per heavy atom. The van der Waals surface area contributed by atoms with Gasteiger partial charge in [0.15, 0.2) is 0 Å². The van der Waals surface area contributed by atoms with E-state index in [9.17, 15) is 4.39 Å². The van der Waals surface area contributed by atoms with Gasteiger partial charge in [0.2, 0.25) is 0 Å². The fraction of sp³-hybridized carbons (Fsp3) is 0.455. The Morgan fingerprint density at radius 2 is 2.40 bits per heavy atom. The average Bonchev–Trinajstić information content (AvgIpc) is 2.73. The molecule has 4 heteroatoms. The molecule has 1 aliphatic rings. The monoisotopic (exact) mass is 210 g/mol. The van der Waals surface area contributed by atoms with Crippen LogP contribution in [0.25, 0.3) is 0 Å². The summed E-state index contributed by atoms with van der Waals surface area (Å²) in [5.41, 5.74) is 0.854. The van der Waals surface area contributed by atoms with Gasteiger partial charge in [0, 0.05) is 18.7 Å². The summed E-state index contributed by atoms with van der Waals surface area (Å²) in [5.74, 6) is 0.281. The highest BCUT2D eigenvalue weighted by Gasteiger charge is 2.15. The van der Waals surface area contributed by atoms with Gasteiger partial charge in [-0.1, -0.05) is 0 Å². The number of hydrogen-bond acceptors (Lipinski definition) is 3. The molecule has 1 saturated heterocycles. The van der Waals surface area contributed by atoms with Gasteiger partial charge in [0.1, 0.15) is 11.6 Å². The van der Waals surface area contributed by atoms with Crippen LogP contribution in [-0.4, -0.2) is 26.2 Å². The molecule has 1 aromatic carbocycles. The summed E-state index contributed by atoms with van der Waals surface area (Å²) < 4.78 is 18.0. The standard InChI is InChI=1S/C11H15FN2O/c1-15-11-6-8(12)2-3-10(11)14-9-4-5-13-7-9/h2-3,6,9,13-14H,4-5,7H2,1H3. The molecule has 0 bridgehead atoms. The van der Waals surface area contributed by atoms with Crippen molar-refractivity contribution in [3.63, 3.8) is 0 Å². The summed E-state index contributed by atoms with van der Waals surface area (Å²) in [6, 6.07) is 4.95. The first-order valence-corrected chi connectivity index (χ1v) is 5.10. The zero-order valence-corrected chi connectivity index (χ0v) is 8.72. The zero-order valence-electron chi connectivity index (χ0n) is 8.72. The molecule has 0 spiro atoms. The molecule has 1 atom stereocenters. The van der Waals surface area contributed by atoms with Crippen molar-refractivity contribution in [2.45, 2.75) is 12.5 Å². The number of methoxy groups -OCH3 is 1. The molecule has 0 amide bonds. The van der Waals surface area contributed by atoms with Crippen LogP contribution in [0.15, 0.2) is 18.2 Å². The molecular formula is C11H15FN2O. The third-order valence-electron chi connectivity index (χ3n) is 2.58. The summed E-state index contributed by atoms with van der Waals surface area (Å²) >= 11 is 0. The molecule has 2 rings (SSSR count). The van der Waals surface area contributed by atoms with Gasteiger partial charge in [-0.25, -0.2) is 4.39 Å². The van der Waals surface area contributed by atoms with Gasteiger partial charge in [0.05, 0.1) is 12.8 Å². The Hall–Kier alpha value is -1.29. The van der Waals surface area contributed by atoms with Crippen LogP contribution in [-0.2, 0) is 0 Å². The van der Waals surface area contributed by atoms with Crippen LogP contribution >= 0.6 is 0 Å². The van der Waals surface area contributed by atoms with Crippen molar-refractivity contribution >= 4 is 5.69 Å². The lowest BCUT2D eigenvalue weighted by atomic mass is 10.2. The molecule has 82 valence electrons. The summed E-state index contributed by atoms with van der Waals surface area (Å²) in [6.07, 6.45) is 1.08. The van der Waals surface area contributed by atoms with Crippen molar-refractivity contribution in [1.29, 1.82) is 0 Å². The van der Waals surface area contributed by atoms with Crippen LogP contribution < -0.4 is 15.4 Å². The Balaban J connectivity index is 2.12. The van der Waals surface area contributed by atoms with Crippen molar-refractivity contribution in [3.05, 3.63) is 24.0 Å². The lowest BCUT2D eigenvalue weighted by Gasteiger charge is -2.15. The smallest absolute Gasteiger partial charge is 0.144 e. The molecule has 0 aromatic heterocycles. The van der Waals surface area contributed by atoms with Crippen molar-refractivity contribution in [2.24, 2.45) is 0 Å². The summed E-state index contributed by atoms with van der Waals surface area (Å²) in [5, 5.41) is 6.60. The highest BCUT2D eigenvalue weighted by molar-refractivity contribution is 5.57. The van der Waals surface area contributed by atoms with Gasteiger partial charge in [-0.15, -0.1) is 0 Å². The maximum Gasteiger partial charge on any atom is 0.144 e. The molecular weight excluding hydrogens is 195 g/mol. The predicted octanol–water partition coefficient (Wildman–Crippen LogP) is 1.61. The average molecular weight is 210 g/mol. The number of anilines is 1. The Labute approximate surface area is 88.6 Å². The van der Waals surface area contributed by atoms with Crippen LogP contribution in [0.5, 0.6) is 5.75 Å². The molecule has 2 N–H and O–H groups in total. The SMILES string of the molecule is COc1cc(F)ccc1NC1CCNC1. The first-order valence-electron chi connectivity index (χ1n) is 5.10. The van der Waals surface area contributed by atoms with E-state index in [0.29, 0.717) is 11.8 Å². The van der Waals surface area contributed by atoms with E-state index in [-0.39, 0.29) is 5.82 Å². The molecule has 0 aliphatic carbocycles. The van der Waals surface area contributed by atoms with Gasteiger partial charge in [-0.2, -0.15) is 0 Å². The summed E-state index contributed by atoms with van der Waals surface area (Å²) in [6.45, 7) is 1.97. The van der Waals surface area contributed by atoms with Gasteiger partial charge in [-0.05, 0) is 25.1 Å². The van der Waals surface area contributed by atoms with Crippen LogP contribution in [0.1, 0.15) is 6.42 Å². The third-order valence-corrected chi connectivity index (χ3v) is 2.58. The number of nitrogens with one attached hydrogen (secondary N) is 2. The lowest BCUT2D eigenvalue weighted by Crippen LogP contribution is -2.22. The minimum atomic E-state index is -0.276. The van der Waals surface area contributed by atoms with Crippen LogP contribution in [0.4, 0.5) is 10.1 Å². The number of benzene rings is 1. The van der Waals surface area contributed by atoms with Crippen molar-refractivity contribution in [2.75, 3.05) is 25.5 Å². The molecule has 0 radical (unpaired) electrons. The van der Waals surface area contributed by atoms with Crippen molar-refractivity contribution < 1.29 is 9.13 Å². The molecule has 1 aromatic rings. The van der Waals surface area contributed by atoms with E-state index in [1.807, 2.05) is 0 Å². The molecule has 1 heterocycles. The van der Waals surface area contributed by atoms with Crippen LogP contribution in [0, 0.1) is 5.82 Å². The topological polar surface area (TPSA) is 33.3 Å². The van der Waals surface area contributed by atoms with E-state index in [1.165, 1.54) is 12.1 Å². The second-order valence-corrected chi connectivity index (χ2v) is 3.68. The van der Waals surface area contributed by atoms with E-state index in [0.717, 1.165) is 25.2 Å². The molecule has 1 unspecified atom stereocenters. The molecule has 1 fully saturated rings. The highest BCUT2D eigenvalue weighted by Crippen LogP contribution is 2.26. The third kappa shape index (κ3) is 2.39. The molecule has 3 nitrogen and oxygen atoms in total. The van der Waals surface area contributed by atoms with Gasteiger partial charge in [0.25, 0.3) is 0 Å². The Morgan fingerprint density at radius 3 is 3.07 bits per heavy atom. The van der Waals surface area contributed by atoms with Gasteiger partial charge < -0.3 is 15.4 Å². The number of hydrogen-bond donors (Lipinski definition) is 2. The number of ether oxygens (including phenoxy) is 1. The fourth-order valence-corrected chi connectivity index (χ4v) is 1.78. The second-order valence-electron chi connectivity index (χ2n) is 3.68. The van der Waals surface area contributed by atoms with E-state index in [1.54, 1.807) is 13.2 Å². The fourth-order valence-electron chi connectivity index (χ4n) is 1.78. The number of rotatable bonds is 3. The van der Waals surface area contributed by atoms with Crippen LogP contribution in [0.2, 0.25) is 0 Å². The molecule has 0 saturated carbocycles. The van der Waals surface area contributed by atoms with E-state index in [2.05, 4.69) is 10.6 Å². The maximum atomic E-state index is 12.9. The summed E-state index contributed by atoms with van der Waals surface area (Å²) in [4.78, 5) is 0.